The maximum atomic E-state index is 13.3. The predicted octanol–water partition coefficient (Wildman–Crippen LogP) is 4.52. The minimum Gasteiger partial charge on any atom is -0.497 e. The summed E-state index contributed by atoms with van der Waals surface area (Å²) in [6.45, 7) is 0. The van der Waals surface area contributed by atoms with Gasteiger partial charge in [0.2, 0.25) is 14.9 Å². The summed E-state index contributed by atoms with van der Waals surface area (Å²) in [6.07, 6.45) is 0. The first-order chi connectivity index (χ1) is 15.5. The quantitative estimate of drug-likeness (QED) is 0.407. The zero-order valence-electron chi connectivity index (χ0n) is 16.7. The van der Waals surface area contributed by atoms with E-state index >= 15 is 0 Å². The van der Waals surface area contributed by atoms with Gasteiger partial charge in [-0.25, -0.2) is 13.4 Å². The van der Waals surface area contributed by atoms with Crippen molar-refractivity contribution < 1.29 is 13.2 Å². The SMILES string of the molecule is COc1cccc(Nc2nc3c(S(=O)(=O)c4ccc(Cl)cc4)nnn3c3ccccc23)c1. The molecule has 0 saturated carbocycles. The molecular weight excluding hydrogens is 450 g/mol. The molecule has 0 radical (unpaired) electrons. The van der Waals surface area contributed by atoms with E-state index in [-0.39, 0.29) is 15.6 Å². The molecule has 8 nitrogen and oxygen atoms in total. The number of methoxy groups -OCH3 is 1. The van der Waals surface area contributed by atoms with Gasteiger partial charge in [0.15, 0.2) is 5.65 Å². The average Bonchev–Trinajstić information content (AvgIpc) is 3.25. The molecule has 10 heteroatoms. The number of hydrogen-bond donors (Lipinski definition) is 1. The van der Waals surface area contributed by atoms with Crippen molar-refractivity contribution in [3.63, 3.8) is 0 Å². The van der Waals surface area contributed by atoms with Crippen LogP contribution in [0, 0.1) is 0 Å². The van der Waals surface area contributed by atoms with E-state index in [1.54, 1.807) is 7.11 Å². The van der Waals surface area contributed by atoms with Crippen LogP contribution in [0.1, 0.15) is 0 Å². The van der Waals surface area contributed by atoms with Crippen LogP contribution < -0.4 is 10.1 Å². The van der Waals surface area contributed by atoms with E-state index < -0.39 is 9.84 Å². The smallest absolute Gasteiger partial charge is 0.229 e. The van der Waals surface area contributed by atoms with Crippen molar-refractivity contribution in [2.45, 2.75) is 9.92 Å². The predicted molar refractivity (Wildman–Crippen MR) is 121 cm³/mol. The van der Waals surface area contributed by atoms with Crippen LogP contribution in [-0.4, -0.2) is 35.3 Å². The molecular formula is C22H16ClN5O3S. The number of anilines is 2. The second kappa shape index (κ2) is 7.77. The van der Waals surface area contributed by atoms with Gasteiger partial charge in [0.25, 0.3) is 0 Å². The minimum absolute atomic E-state index is 0.0570. The molecule has 160 valence electrons. The Morgan fingerprint density at radius 2 is 1.78 bits per heavy atom. The van der Waals surface area contributed by atoms with Crippen molar-refractivity contribution in [2.24, 2.45) is 0 Å². The molecule has 0 saturated heterocycles. The van der Waals surface area contributed by atoms with Crippen LogP contribution in [-0.2, 0) is 9.84 Å². The highest BCUT2D eigenvalue weighted by Crippen LogP contribution is 2.30. The van der Waals surface area contributed by atoms with Gasteiger partial charge in [0.1, 0.15) is 11.6 Å². The molecule has 0 aliphatic carbocycles. The number of rotatable bonds is 5. The maximum Gasteiger partial charge on any atom is 0.229 e. The molecule has 1 N–H and O–H groups in total. The fourth-order valence-corrected chi connectivity index (χ4v) is 4.74. The monoisotopic (exact) mass is 465 g/mol. The standard InChI is InChI=1S/C22H16ClN5O3S/c1-31-16-6-4-5-15(13-16)24-20-18-7-2-3-8-19(18)28-21(25-20)22(26-27-28)32(29,30)17-11-9-14(23)10-12-17/h2-13H,1H3,(H,24,25). The summed E-state index contributed by atoms with van der Waals surface area (Å²) in [5.74, 6) is 1.15. The molecule has 0 aliphatic heterocycles. The van der Waals surface area contributed by atoms with Crippen LogP contribution in [0.4, 0.5) is 11.5 Å². The highest BCUT2D eigenvalue weighted by molar-refractivity contribution is 7.91. The molecule has 3 aromatic carbocycles. The van der Waals surface area contributed by atoms with Gasteiger partial charge in [-0.3, -0.25) is 0 Å². The van der Waals surface area contributed by atoms with Crippen LogP contribution in [0.25, 0.3) is 16.6 Å². The Kier molecular flexibility index (Phi) is 4.91. The summed E-state index contributed by atoms with van der Waals surface area (Å²) in [4.78, 5) is 4.66. The van der Waals surface area contributed by atoms with Gasteiger partial charge >= 0.3 is 0 Å². The summed E-state index contributed by atoms with van der Waals surface area (Å²) in [6, 6.07) is 20.7. The molecule has 5 rings (SSSR count). The highest BCUT2D eigenvalue weighted by atomic mass is 35.5. The highest BCUT2D eigenvalue weighted by Gasteiger charge is 2.27. The van der Waals surface area contributed by atoms with Gasteiger partial charge in [-0.05, 0) is 48.5 Å². The Hall–Kier alpha value is -3.69. The Labute approximate surface area is 188 Å². The Morgan fingerprint density at radius 3 is 2.56 bits per heavy atom. The third kappa shape index (κ3) is 3.41. The molecule has 32 heavy (non-hydrogen) atoms. The lowest BCUT2D eigenvalue weighted by Gasteiger charge is -2.11. The number of nitrogens with zero attached hydrogens (tertiary/aromatic N) is 4. The van der Waals surface area contributed by atoms with Crippen molar-refractivity contribution in [2.75, 3.05) is 12.4 Å². The molecule has 0 unspecified atom stereocenters. The second-order valence-corrected chi connectivity index (χ2v) is 9.22. The van der Waals surface area contributed by atoms with Crippen molar-refractivity contribution in [1.82, 2.24) is 19.8 Å². The Morgan fingerprint density at radius 1 is 1.00 bits per heavy atom. The Bertz CT molecular complexity index is 1570. The fourth-order valence-electron chi connectivity index (χ4n) is 3.38. The maximum absolute atomic E-state index is 13.3. The van der Waals surface area contributed by atoms with E-state index in [0.29, 0.717) is 22.1 Å². The number of ether oxygens (including phenoxy) is 1. The van der Waals surface area contributed by atoms with Crippen LogP contribution in [0.5, 0.6) is 5.75 Å². The average molecular weight is 466 g/mol. The molecule has 0 atom stereocenters. The summed E-state index contributed by atoms with van der Waals surface area (Å²) in [5, 5.41) is 12.3. The van der Waals surface area contributed by atoms with Crippen molar-refractivity contribution >= 4 is 49.5 Å². The van der Waals surface area contributed by atoms with E-state index in [9.17, 15) is 8.42 Å². The number of aromatic nitrogens is 4. The molecule has 0 fully saturated rings. The summed E-state index contributed by atoms with van der Waals surface area (Å²) in [7, 11) is -2.38. The van der Waals surface area contributed by atoms with Crippen LogP contribution in [0.15, 0.2) is 82.7 Å². The normalized spacial score (nSPS) is 11.7. The summed E-state index contributed by atoms with van der Waals surface area (Å²) >= 11 is 5.91. The number of hydrogen-bond acceptors (Lipinski definition) is 7. The molecule has 2 heterocycles. The van der Waals surface area contributed by atoms with E-state index in [1.165, 1.54) is 28.8 Å². The van der Waals surface area contributed by atoms with Gasteiger partial charge in [-0.2, -0.15) is 4.52 Å². The van der Waals surface area contributed by atoms with E-state index in [0.717, 1.165) is 11.1 Å². The number of para-hydroxylation sites is 1. The fraction of sp³-hybridized carbons (Fsp3) is 0.0455. The van der Waals surface area contributed by atoms with Gasteiger partial charge in [-0.1, -0.05) is 35.0 Å². The molecule has 0 aliphatic rings. The number of nitrogens with one attached hydrogen (secondary N) is 1. The number of sulfone groups is 1. The van der Waals surface area contributed by atoms with Crippen LogP contribution in [0.3, 0.4) is 0 Å². The van der Waals surface area contributed by atoms with Crippen molar-refractivity contribution in [1.29, 1.82) is 0 Å². The lowest BCUT2D eigenvalue weighted by atomic mass is 10.2. The zero-order chi connectivity index (χ0) is 22.3. The lowest BCUT2D eigenvalue weighted by Crippen LogP contribution is -2.05. The Balaban J connectivity index is 1.72. The number of benzene rings is 3. The van der Waals surface area contributed by atoms with E-state index in [2.05, 4.69) is 20.6 Å². The first-order valence-corrected chi connectivity index (χ1v) is 11.4. The van der Waals surface area contributed by atoms with Gasteiger partial charge < -0.3 is 10.1 Å². The number of fused-ring (bicyclic) bond motifs is 3. The third-order valence-corrected chi connectivity index (χ3v) is 6.85. The van der Waals surface area contributed by atoms with Crippen molar-refractivity contribution in [3.8, 4) is 5.75 Å². The van der Waals surface area contributed by atoms with Gasteiger partial charge in [0.05, 0.1) is 17.5 Å². The minimum atomic E-state index is -3.97. The molecule has 0 spiro atoms. The molecule has 5 aromatic rings. The summed E-state index contributed by atoms with van der Waals surface area (Å²) in [5.41, 5.74) is 1.51. The molecule has 0 amide bonds. The van der Waals surface area contributed by atoms with Gasteiger partial charge in [0, 0.05) is 22.2 Å². The molecule has 0 bridgehead atoms. The molecule has 2 aromatic heterocycles. The first kappa shape index (κ1) is 20.2. The summed E-state index contributed by atoms with van der Waals surface area (Å²) < 4.78 is 33.3. The topological polar surface area (TPSA) is 98.5 Å². The zero-order valence-corrected chi connectivity index (χ0v) is 18.3. The van der Waals surface area contributed by atoms with Crippen LogP contribution >= 0.6 is 11.6 Å². The largest absolute Gasteiger partial charge is 0.497 e. The first-order valence-electron chi connectivity index (χ1n) is 9.53. The van der Waals surface area contributed by atoms with E-state index in [1.807, 2.05) is 48.5 Å². The van der Waals surface area contributed by atoms with Crippen molar-refractivity contribution in [3.05, 3.63) is 77.8 Å². The lowest BCUT2D eigenvalue weighted by molar-refractivity contribution is 0.415. The third-order valence-electron chi connectivity index (χ3n) is 4.93. The van der Waals surface area contributed by atoms with Crippen LogP contribution in [0.2, 0.25) is 5.02 Å². The number of halogens is 1. The van der Waals surface area contributed by atoms with E-state index in [4.69, 9.17) is 16.3 Å². The van der Waals surface area contributed by atoms with Gasteiger partial charge in [-0.15, -0.1) is 5.10 Å². The second-order valence-electron chi connectivity index (χ2n) is 6.92.